The number of hydrogen-bond donors (Lipinski definition) is 2. The Labute approximate surface area is 119 Å². The van der Waals surface area contributed by atoms with Gasteiger partial charge in [-0.15, -0.1) is 5.10 Å². The van der Waals surface area contributed by atoms with Crippen LogP contribution in [0.5, 0.6) is 0 Å². The first-order chi connectivity index (χ1) is 9.65. The van der Waals surface area contributed by atoms with Crippen molar-refractivity contribution in [3.05, 3.63) is 41.3 Å². The van der Waals surface area contributed by atoms with Crippen LogP contribution in [-0.4, -0.2) is 16.7 Å². The van der Waals surface area contributed by atoms with Gasteiger partial charge in [0.1, 0.15) is 0 Å². The molecule has 0 radical (unpaired) electrons. The van der Waals surface area contributed by atoms with Crippen molar-refractivity contribution in [1.82, 2.24) is 15.5 Å². The molecule has 2 rings (SSSR count). The quantitative estimate of drug-likeness (QED) is 0.813. The van der Waals surface area contributed by atoms with E-state index in [0.717, 1.165) is 6.54 Å². The largest absolute Gasteiger partial charge is 0.407 e. The minimum atomic E-state index is 0.467. The van der Waals surface area contributed by atoms with Crippen molar-refractivity contribution in [3.8, 4) is 0 Å². The van der Waals surface area contributed by atoms with E-state index in [1.165, 1.54) is 11.1 Å². The van der Waals surface area contributed by atoms with Crippen molar-refractivity contribution in [2.75, 3.05) is 11.9 Å². The second kappa shape index (κ2) is 7.05. The SMILES string of the molecule is Cc1ccccc1CNc1nnc(CNCC(C)C)o1. The van der Waals surface area contributed by atoms with Gasteiger partial charge in [0.05, 0.1) is 6.54 Å². The molecule has 1 aromatic heterocycles. The first-order valence-electron chi connectivity index (χ1n) is 6.96. The molecule has 2 aromatic rings. The van der Waals surface area contributed by atoms with Crippen molar-refractivity contribution in [2.45, 2.75) is 33.9 Å². The van der Waals surface area contributed by atoms with Gasteiger partial charge in [0.15, 0.2) is 0 Å². The molecular weight excluding hydrogens is 252 g/mol. The van der Waals surface area contributed by atoms with Crippen molar-refractivity contribution >= 4 is 6.01 Å². The summed E-state index contributed by atoms with van der Waals surface area (Å²) >= 11 is 0. The Bertz CT molecular complexity index is 536. The van der Waals surface area contributed by atoms with Gasteiger partial charge in [-0.2, -0.15) is 0 Å². The number of hydrogen-bond acceptors (Lipinski definition) is 5. The van der Waals surface area contributed by atoms with Crippen LogP contribution >= 0.6 is 0 Å². The van der Waals surface area contributed by atoms with Gasteiger partial charge < -0.3 is 15.1 Å². The predicted molar refractivity (Wildman–Crippen MR) is 79.3 cm³/mol. The van der Waals surface area contributed by atoms with E-state index in [4.69, 9.17) is 4.42 Å². The molecule has 0 aliphatic rings. The molecule has 0 atom stereocenters. The lowest BCUT2D eigenvalue weighted by molar-refractivity contribution is 0.458. The predicted octanol–water partition coefficient (Wildman–Crippen LogP) is 2.74. The lowest BCUT2D eigenvalue weighted by Gasteiger charge is -2.05. The Kier molecular flexibility index (Phi) is 5.12. The van der Waals surface area contributed by atoms with Crippen LogP contribution in [0, 0.1) is 12.8 Å². The average Bonchev–Trinajstić information content (AvgIpc) is 2.85. The first kappa shape index (κ1) is 14.5. The van der Waals surface area contributed by atoms with Crippen LogP contribution < -0.4 is 10.6 Å². The van der Waals surface area contributed by atoms with Gasteiger partial charge in [-0.1, -0.05) is 43.2 Å². The summed E-state index contributed by atoms with van der Waals surface area (Å²) < 4.78 is 5.53. The zero-order chi connectivity index (χ0) is 14.4. The lowest BCUT2D eigenvalue weighted by atomic mass is 10.1. The van der Waals surface area contributed by atoms with E-state index >= 15 is 0 Å². The van der Waals surface area contributed by atoms with Crippen LogP contribution in [0.25, 0.3) is 0 Å². The molecule has 0 bridgehead atoms. The number of aryl methyl sites for hydroxylation is 1. The van der Waals surface area contributed by atoms with Gasteiger partial charge in [0.25, 0.3) is 0 Å². The molecule has 0 aliphatic heterocycles. The number of nitrogens with one attached hydrogen (secondary N) is 2. The summed E-state index contributed by atoms with van der Waals surface area (Å²) in [5.41, 5.74) is 2.48. The molecule has 0 spiro atoms. The van der Waals surface area contributed by atoms with E-state index in [9.17, 15) is 0 Å². The minimum Gasteiger partial charge on any atom is -0.407 e. The van der Waals surface area contributed by atoms with E-state index in [1.807, 2.05) is 12.1 Å². The third-order valence-electron chi connectivity index (χ3n) is 2.99. The zero-order valence-corrected chi connectivity index (χ0v) is 12.3. The van der Waals surface area contributed by atoms with Crippen molar-refractivity contribution in [3.63, 3.8) is 0 Å². The number of nitrogens with zero attached hydrogens (tertiary/aromatic N) is 2. The van der Waals surface area contributed by atoms with Gasteiger partial charge in [0, 0.05) is 6.54 Å². The molecular formula is C15H22N4O. The number of anilines is 1. The van der Waals surface area contributed by atoms with Crippen LogP contribution in [0.4, 0.5) is 6.01 Å². The molecule has 0 saturated carbocycles. The van der Waals surface area contributed by atoms with Crippen LogP contribution in [-0.2, 0) is 13.1 Å². The highest BCUT2D eigenvalue weighted by molar-refractivity contribution is 5.29. The van der Waals surface area contributed by atoms with E-state index in [-0.39, 0.29) is 0 Å². The second-order valence-corrected chi connectivity index (χ2v) is 5.31. The summed E-state index contributed by atoms with van der Waals surface area (Å²) in [6.45, 7) is 8.65. The molecule has 2 N–H and O–H groups in total. The van der Waals surface area contributed by atoms with Gasteiger partial charge in [-0.3, -0.25) is 0 Å². The summed E-state index contributed by atoms with van der Waals surface area (Å²) in [7, 11) is 0. The molecule has 0 unspecified atom stereocenters. The molecule has 20 heavy (non-hydrogen) atoms. The smallest absolute Gasteiger partial charge is 0.315 e. The van der Waals surface area contributed by atoms with Gasteiger partial charge in [-0.25, -0.2) is 0 Å². The standard InChI is InChI=1S/C15H22N4O/c1-11(2)8-16-10-14-18-19-15(20-14)17-9-13-7-5-4-6-12(13)3/h4-7,11,16H,8-10H2,1-3H3,(H,17,19). The van der Waals surface area contributed by atoms with Gasteiger partial charge in [-0.05, 0) is 30.5 Å². The van der Waals surface area contributed by atoms with E-state index in [0.29, 0.717) is 30.9 Å². The Balaban J connectivity index is 1.82. The molecule has 1 aromatic carbocycles. The van der Waals surface area contributed by atoms with Crippen molar-refractivity contribution in [1.29, 1.82) is 0 Å². The third kappa shape index (κ3) is 4.35. The number of aromatic nitrogens is 2. The van der Waals surface area contributed by atoms with Crippen molar-refractivity contribution < 1.29 is 4.42 Å². The van der Waals surface area contributed by atoms with Crippen LogP contribution in [0.3, 0.4) is 0 Å². The number of rotatable bonds is 7. The van der Waals surface area contributed by atoms with Crippen LogP contribution in [0.2, 0.25) is 0 Å². The normalized spacial score (nSPS) is 11.0. The average molecular weight is 274 g/mol. The Hall–Kier alpha value is -1.88. The fraction of sp³-hybridized carbons (Fsp3) is 0.467. The highest BCUT2D eigenvalue weighted by Crippen LogP contribution is 2.11. The van der Waals surface area contributed by atoms with Gasteiger partial charge >= 0.3 is 6.01 Å². The molecule has 1 heterocycles. The molecule has 5 heteroatoms. The Morgan fingerprint density at radius 2 is 1.95 bits per heavy atom. The monoisotopic (exact) mass is 274 g/mol. The van der Waals surface area contributed by atoms with E-state index in [2.05, 4.69) is 53.7 Å². The lowest BCUT2D eigenvalue weighted by Crippen LogP contribution is -2.19. The molecule has 0 fully saturated rings. The van der Waals surface area contributed by atoms with E-state index in [1.54, 1.807) is 0 Å². The Morgan fingerprint density at radius 3 is 2.70 bits per heavy atom. The molecule has 0 saturated heterocycles. The first-order valence-corrected chi connectivity index (χ1v) is 6.96. The summed E-state index contributed by atoms with van der Waals surface area (Å²) in [6, 6.07) is 8.70. The maximum absolute atomic E-state index is 5.53. The van der Waals surface area contributed by atoms with E-state index < -0.39 is 0 Å². The molecule has 0 aliphatic carbocycles. The Morgan fingerprint density at radius 1 is 1.15 bits per heavy atom. The molecule has 0 amide bonds. The summed E-state index contributed by atoms with van der Waals surface area (Å²) in [5.74, 6) is 1.22. The summed E-state index contributed by atoms with van der Waals surface area (Å²) in [4.78, 5) is 0. The second-order valence-electron chi connectivity index (χ2n) is 5.31. The number of benzene rings is 1. The van der Waals surface area contributed by atoms with Crippen molar-refractivity contribution in [2.24, 2.45) is 5.92 Å². The summed E-state index contributed by atoms with van der Waals surface area (Å²) in [6.07, 6.45) is 0. The fourth-order valence-electron chi connectivity index (χ4n) is 1.84. The highest BCUT2D eigenvalue weighted by atomic mass is 16.4. The highest BCUT2D eigenvalue weighted by Gasteiger charge is 2.06. The zero-order valence-electron chi connectivity index (χ0n) is 12.3. The van der Waals surface area contributed by atoms with Crippen LogP contribution in [0.15, 0.2) is 28.7 Å². The maximum atomic E-state index is 5.53. The van der Waals surface area contributed by atoms with Gasteiger partial charge in [0.2, 0.25) is 5.89 Å². The topological polar surface area (TPSA) is 63.0 Å². The third-order valence-corrected chi connectivity index (χ3v) is 2.99. The fourth-order valence-corrected chi connectivity index (χ4v) is 1.84. The molecule has 108 valence electrons. The minimum absolute atomic E-state index is 0.467. The van der Waals surface area contributed by atoms with Crippen LogP contribution in [0.1, 0.15) is 30.9 Å². The summed E-state index contributed by atoms with van der Waals surface area (Å²) in [5, 5.41) is 14.4. The maximum Gasteiger partial charge on any atom is 0.315 e. The molecule has 5 nitrogen and oxygen atoms in total.